The van der Waals surface area contributed by atoms with E-state index in [1.165, 1.54) is 0 Å². The van der Waals surface area contributed by atoms with Gasteiger partial charge in [-0.05, 0) is 17.7 Å². The molecule has 2 rings (SSSR count). The molecule has 2 aromatic carbocycles. The molecule has 0 aromatic heterocycles. The van der Waals surface area contributed by atoms with Gasteiger partial charge in [0.2, 0.25) is 0 Å². The van der Waals surface area contributed by atoms with E-state index in [4.69, 9.17) is 32.2 Å². The van der Waals surface area contributed by atoms with Crippen LogP contribution in [0.15, 0.2) is 48.5 Å². The van der Waals surface area contributed by atoms with Crippen molar-refractivity contribution in [3.63, 3.8) is 0 Å². The molecule has 0 fully saturated rings. The molecule has 0 saturated heterocycles. The molecule has 104 valence electrons. The van der Waals surface area contributed by atoms with E-state index in [1.54, 1.807) is 18.2 Å². The molecule has 0 heterocycles. The SMILES string of the molecule is N=C(N)c1c(Cl)cccc1OCOCc1ccccc1. The van der Waals surface area contributed by atoms with Gasteiger partial charge in [0.1, 0.15) is 11.6 Å². The van der Waals surface area contributed by atoms with Crippen molar-refractivity contribution >= 4 is 17.4 Å². The number of ether oxygens (including phenoxy) is 2. The van der Waals surface area contributed by atoms with Crippen LogP contribution >= 0.6 is 11.6 Å². The van der Waals surface area contributed by atoms with Crippen molar-refractivity contribution < 1.29 is 9.47 Å². The lowest BCUT2D eigenvalue weighted by atomic mass is 10.2. The van der Waals surface area contributed by atoms with Crippen molar-refractivity contribution in [1.82, 2.24) is 0 Å². The summed E-state index contributed by atoms with van der Waals surface area (Å²) in [6, 6.07) is 14.9. The van der Waals surface area contributed by atoms with Crippen LogP contribution in [-0.2, 0) is 11.3 Å². The molecule has 0 aliphatic heterocycles. The summed E-state index contributed by atoms with van der Waals surface area (Å²) in [7, 11) is 0. The predicted octanol–water partition coefficient (Wildman–Crippen LogP) is 3.18. The first-order valence-corrected chi connectivity index (χ1v) is 6.43. The van der Waals surface area contributed by atoms with Crippen LogP contribution in [0.1, 0.15) is 11.1 Å². The number of nitrogens with one attached hydrogen (secondary N) is 1. The Morgan fingerprint density at radius 3 is 2.55 bits per heavy atom. The molecule has 0 unspecified atom stereocenters. The van der Waals surface area contributed by atoms with Crippen LogP contribution in [0.3, 0.4) is 0 Å². The first kappa shape index (κ1) is 14.4. The number of hydrogen-bond donors (Lipinski definition) is 2. The highest BCUT2D eigenvalue weighted by Crippen LogP contribution is 2.25. The average Bonchev–Trinajstić information content (AvgIpc) is 2.44. The maximum absolute atomic E-state index is 7.50. The molecule has 2 aromatic rings. The van der Waals surface area contributed by atoms with Gasteiger partial charge in [0.25, 0.3) is 0 Å². The van der Waals surface area contributed by atoms with E-state index >= 15 is 0 Å². The fraction of sp³-hybridized carbons (Fsp3) is 0.133. The number of nitrogens with two attached hydrogens (primary N) is 1. The number of rotatable bonds is 6. The lowest BCUT2D eigenvalue weighted by Gasteiger charge is -2.12. The fourth-order valence-electron chi connectivity index (χ4n) is 1.72. The summed E-state index contributed by atoms with van der Waals surface area (Å²) in [5.74, 6) is 0.312. The highest BCUT2D eigenvalue weighted by Gasteiger charge is 2.10. The Morgan fingerprint density at radius 2 is 1.85 bits per heavy atom. The molecule has 0 atom stereocenters. The molecule has 0 amide bonds. The molecule has 0 bridgehead atoms. The standard InChI is InChI=1S/C15H15ClN2O2/c16-12-7-4-8-13(14(12)15(17)18)20-10-19-9-11-5-2-1-3-6-11/h1-8H,9-10H2,(H3,17,18). The van der Waals surface area contributed by atoms with E-state index in [9.17, 15) is 0 Å². The van der Waals surface area contributed by atoms with Crippen molar-refractivity contribution in [2.45, 2.75) is 6.61 Å². The largest absolute Gasteiger partial charge is 0.467 e. The first-order chi connectivity index (χ1) is 9.68. The minimum absolute atomic E-state index is 0.0650. The van der Waals surface area contributed by atoms with Gasteiger partial charge in [0.05, 0.1) is 17.2 Å². The highest BCUT2D eigenvalue weighted by molar-refractivity contribution is 6.34. The fourth-order valence-corrected chi connectivity index (χ4v) is 1.99. The minimum Gasteiger partial charge on any atom is -0.467 e. The van der Waals surface area contributed by atoms with Crippen LogP contribution in [0.5, 0.6) is 5.75 Å². The third-order valence-corrected chi connectivity index (χ3v) is 2.97. The topological polar surface area (TPSA) is 68.3 Å². The molecule has 20 heavy (non-hydrogen) atoms. The summed E-state index contributed by atoms with van der Waals surface area (Å²) in [5.41, 5.74) is 6.94. The van der Waals surface area contributed by atoms with E-state index in [2.05, 4.69) is 0 Å². The van der Waals surface area contributed by atoms with Gasteiger partial charge < -0.3 is 15.2 Å². The second-order valence-electron chi connectivity index (χ2n) is 4.12. The van der Waals surface area contributed by atoms with Gasteiger partial charge in [0.15, 0.2) is 6.79 Å². The number of nitrogen functional groups attached to an aromatic ring is 1. The average molecular weight is 291 g/mol. The summed E-state index contributed by atoms with van der Waals surface area (Å²) in [4.78, 5) is 0. The molecule has 0 aliphatic rings. The molecule has 0 spiro atoms. The van der Waals surface area contributed by atoms with Crippen LogP contribution in [-0.4, -0.2) is 12.6 Å². The molecule has 0 aliphatic carbocycles. The van der Waals surface area contributed by atoms with E-state index in [-0.39, 0.29) is 12.6 Å². The maximum atomic E-state index is 7.50. The Kier molecular flexibility index (Phi) is 4.98. The summed E-state index contributed by atoms with van der Waals surface area (Å²) in [5, 5.41) is 7.89. The number of amidine groups is 1. The van der Waals surface area contributed by atoms with Crippen molar-refractivity contribution in [3.8, 4) is 5.75 Å². The molecule has 4 nitrogen and oxygen atoms in total. The Labute approximate surface area is 122 Å². The molecule has 3 N–H and O–H groups in total. The Morgan fingerprint density at radius 1 is 1.10 bits per heavy atom. The molecule has 0 radical (unpaired) electrons. The number of benzene rings is 2. The van der Waals surface area contributed by atoms with Gasteiger partial charge >= 0.3 is 0 Å². The summed E-state index contributed by atoms with van der Waals surface area (Å²) >= 11 is 5.99. The lowest BCUT2D eigenvalue weighted by Crippen LogP contribution is -2.14. The zero-order valence-electron chi connectivity index (χ0n) is 10.8. The third-order valence-electron chi connectivity index (χ3n) is 2.65. The number of hydrogen-bond acceptors (Lipinski definition) is 3. The third kappa shape index (κ3) is 3.73. The van der Waals surface area contributed by atoms with Crippen LogP contribution in [0.4, 0.5) is 0 Å². The van der Waals surface area contributed by atoms with Gasteiger partial charge in [-0.3, -0.25) is 5.41 Å². The van der Waals surface area contributed by atoms with E-state index in [0.717, 1.165) is 5.56 Å². The quantitative estimate of drug-likeness (QED) is 0.371. The van der Waals surface area contributed by atoms with Crippen molar-refractivity contribution in [2.75, 3.05) is 6.79 Å². The number of halogens is 1. The normalized spacial score (nSPS) is 10.2. The zero-order chi connectivity index (χ0) is 14.4. The Hall–Kier alpha value is -2.04. The summed E-state index contributed by atoms with van der Waals surface area (Å²) < 4.78 is 10.9. The predicted molar refractivity (Wildman–Crippen MR) is 79.2 cm³/mol. The Balaban J connectivity index is 1.92. The van der Waals surface area contributed by atoms with Gasteiger partial charge in [0, 0.05) is 0 Å². The van der Waals surface area contributed by atoms with Gasteiger partial charge in [-0.2, -0.15) is 0 Å². The summed E-state index contributed by atoms with van der Waals surface area (Å²) in [6.07, 6.45) is 0. The molecule has 5 heteroatoms. The minimum atomic E-state index is -0.131. The zero-order valence-corrected chi connectivity index (χ0v) is 11.6. The second-order valence-corrected chi connectivity index (χ2v) is 4.53. The molecule has 0 saturated carbocycles. The molecular weight excluding hydrogens is 276 g/mol. The van der Waals surface area contributed by atoms with E-state index in [0.29, 0.717) is 22.9 Å². The second kappa shape index (κ2) is 6.93. The summed E-state index contributed by atoms with van der Waals surface area (Å²) in [6.45, 7) is 0.520. The van der Waals surface area contributed by atoms with Crippen LogP contribution in [0.2, 0.25) is 5.02 Å². The van der Waals surface area contributed by atoms with Gasteiger partial charge in [-0.15, -0.1) is 0 Å². The smallest absolute Gasteiger partial charge is 0.189 e. The van der Waals surface area contributed by atoms with Gasteiger partial charge in [-0.1, -0.05) is 48.0 Å². The van der Waals surface area contributed by atoms with Crippen LogP contribution < -0.4 is 10.5 Å². The van der Waals surface area contributed by atoms with E-state index < -0.39 is 0 Å². The van der Waals surface area contributed by atoms with Crippen molar-refractivity contribution in [2.24, 2.45) is 5.73 Å². The monoisotopic (exact) mass is 290 g/mol. The van der Waals surface area contributed by atoms with Crippen LogP contribution in [0.25, 0.3) is 0 Å². The lowest BCUT2D eigenvalue weighted by molar-refractivity contribution is 0.00495. The highest BCUT2D eigenvalue weighted by atomic mass is 35.5. The van der Waals surface area contributed by atoms with Crippen LogP contribution in [0, 0.1) is 5.41 Å². The Bertz CT molecular complexity index is 588. The van der Waals surface area contributed by atoms with Gasteiger partial charge in [-0.25, -0.2) is 0 Å². The van der Waals surface area contributed by atoms with Crippen molar-refractivity contribution in [3.05, 3.63) is 64.7 Å². The molecular formula is C15H15ClN2O2. The maximum Gasteiger partial charge on any atom is 0.189 e. The van der Waals surface area contributed by atoms with E-state index in [1.807, 2.05) is 30.3 Å². The first-order valence-electron chi connectivity index (χ1n) is 6.06. The van der Waals surface area contributed by atoms with Crippen molar-refractivity contribution in [1.29, 1.82) is 5.41 Å².